The molecule has 0 radical (unpaired) electrons. The molecule has 31 heavy (non-hydrogen) atoms. The lowest BCUT2D eigenvalue weighted by atomic mass is 10.1. The van der Waals surface area contributed by atoms with Crippen LogP contribution in [0.25, 0.3) is 11.4 Å². The standard InChI is InChI=1S/C22H20N6O2S/c1-14-23-18(13-31-14)12-30-20-9-5-15(6-10-20)22(29)24-17-4-2-3-16(11-17)21-25-26-27-28(21)19-7-8-19/h2-6,9-11,13,19H,7-8,12H2,1H3,(H,24,29). The minimum Gasteiger partial charge on any atom is -0.487 e. The molecule has 1 N–H and O–H groups in total. The largest absolute Gasteiger partial charge is 0.487 e. The van der Waals surface area contributed by atoms with E-state index in [0.29, 0.717) is 29.6 Å². The number of hydrogen-bond donors (Lipinski definition) is 1. The van der Waals surface area contributed by atoms with Crippen LogP contribution in [0.15, 0.2) is 53.9 Å². The summed E-state index contributed by atoms with van der Waals surface area (Å²) in [4.78, 5) is 17.1. The Morgan fingerprint density at radius 1 is 1.23 bits per heavy atom. The molecule has 1 aliphatic rings. The molecular weight excluding hydrogens is 412 g/mol. The number of tetrazole rings is 1. The quantitative estimate of drug-likeness (QED) is 0.469. The molecule has 1 aliphatic carbocycles. The Hall–Kier alpha value is -3.59. The summed E-state index contributed by atoms with van der Waals surface area (Å²) < 4.78 is 7.60. The Labute approximate surface area is 182 Å². The van der Waals surface area contributed by atoms with Gasteiger partial charge < -0.3 is 10.1 Å². The summed E-state index contributed by atoms with van der Waals surface area (Å²) in [5, 5.41) is 18.0. The Bertz CT molecular complexity index is 1210. The Morgan fingerprint density at radius 2 is 2.06 bits per heavy atom. The van der Waals surface area contributed by atoms with E-state index in [9.17, 15) is 4.79 Å². The molecule has 0 aliphatic heterocycles. The molecular formula is C22H20N6O2S. The van der Waals surface area contributed by atoms with Crippen molar-refractivity contribution in [2.24, 2.45) is 0 Å². The van der Waals surface area contributed by atoms with Crippen molar-refractivity contribution in [1.82, 2.24) is 25.2 Å². The summed E-state index contributed by atoms with van der Waals surface area (Å²) in [7, 11) is 0. The molecule has 2 heterocycles. The van der Waals surface area contributed by atoms with Gasteiger partial charge >= 0.3 is 0 Å². The lowest BCUT2D eigenvalue weighted by molar-refractivity contribution is 0.102. The fourth-order valence-electron chi connectivity index (χ4n) is 3.22. The van der Waals surface area contributed by atoms with Crippen LogP contribution in [0.5, 0.6) is 5.75 Å². The Morgan fingerprint density at radius 3 is 2.81 bits per heavy atom. The summed E-state index contributed by atoms with van der Waals surface area (Å²) in [6.07, 6.45) is 2.19. The number of carbonyl (C=O) groups is 1. The number of amides is 1. The van der Waals surface area contributed by atoms with Crippen LogP contribution >= 0.6 is 11.3 Å². The molecule has 0 bridgehead atoms. The predicted molar refractivity (Wildman–Crippen MR) is 117 cm³/mol. The van der Waals surface area contributed by atoms with Gasteiger partial charge in [0.25, 0.3) is 5.91 Å². The number of hydrogen-bond acceptors (Lipinski definition) is 7. The summed E-state index contributed by atoms with van der Waals surface area (Å²) in [6, 6.07) is 15.0. The third-order valence-electron chi connectivity index (χ3n) is 4.93. The molecule has 1 amide bonds. The Kier molecular flexibility index (Phi) is 5.17. The minimum absolute atomic E-state index is 0.194. The maximum Gasteiger partial charge on any atom is 0.255 e. The third-order valence-corrected chi connectivity index (χ3v) is 5.76. The molecule has 4 aromatic rings. The van der Waals surface area contributed by atoms with Crippen LogP contribution in [-0.2, 0) is 6.61 Å². The van der Waals surface area contributed by atoms with Crippen molar-refractivity contribution >= 4 is 22.9 Å². The van der Waals surface area contributed by atoms with Crippen molar-refractivity contribution < 1.29 is 9.53 Å². The number of anilines is 1. The van der Waals surface area contributed by atoms with Crippen LogP contribution in [0.3, 0.4) is 0 Å². The molecule has 1 fully saturated rings. The second-order valence-corrected chi connectivity index (χ2v) is 8.45. The first-order valence-electron chi connectivity index (χ1n) is 9.99. The van der Waals surface area contributed by atoms with E-state index in [4.69, 9.17) is 4.74 Å². The number of ether oxygens (including phenoxy) is 1. The van der Waals surface area contributed by atoms with Gasteiger partial charge in [-0.3, -0.25) is 4.79 Å². The number of carbonyl (C=O) groups excluding carboxylic acids is 1. The van der Waals surface area contributed by atoms with Crippen molar-refractivity contribution in [3.05, 3.63) is 70.2 Å². The molecule has 0 atom stereocenters. The minimum atomic E-state index is -0.194. The maximum atomic E-state index is 12.7. The highest BCUT2D eigenvalue weighted by atomic mass is 32.1. The van der Waals surface area contributed by atoms with Gasteiger partial charge in [0.1, 0.15) is 12.4 Å². The second kappa shape index (κ2) is 8.27. The van der Waals surface area contributed by atoms with E-state index in [0.717, 1.165) is 34.9 Å². The summed E-state index contributed by atoms with van der Waals surface area (Å²) >= 11 is 1.60. The lowest BCUT2D eigenvalue weighted by Gasteiger charge is -2.09. The SMILES string of the molecule is Cc1nc(COc2ccc(C(=O)Nc3cccc(-c4nnnn4C4CC4)c3)cc2)cs1. The first kappa shape index (κ1) is 19.4. The number of aromatic nitrogens is 5. The van der Waals surface area contributed by atoms with Crippen molar-refractivity contribution in [3.63, 3.8) is 0 Å². The molecule has 0 unspecified atom stereocenters. The van der Waals surface area contributed by atoms with Gasteiger partial charge in [-0.05, 0) is 66.6 Å². The third kappa shape index (κ3) is 4.46. The van der Waals surface area contributed by atoms with E-state index in [2.05, 4.69) is 25.8 Å². The fourth-order valence-corrected chi connectivity index (χ4v) is 3.82. The summed E-state index contributed by atoms with van der Waals surface area (Å²) in [6.45, 7) is 2.37. The fraction of sp³-hybridized carbons (Fsp3) is 0.227. The van der Waals surface area contributed by atoms with Crippen LogP contribution in [0.1, 0.15) is 39.9 Å². The van der Waals surface area contributed by atoms with Crippen LogP contribution in [0.2, 0.25) is 0 Å². The summed E-state index contributed by atoms with van der Waals surface area (Å²) in [5.74, 6) is 1.21. The molecule has 156 valence electrons. The van der Waals surface area contributed by atoms with Crippen LogP contribution < -0.4 is 10.1 Å². The average molecular weight is 433 g/mol. The monoisotopic (exact) mass is 432 g/mol. The molecule has 0 spiro atoms. The highest BCUT2D eigenvalue weighted by molar-refractivity contribution is 7.09. The smallest absolute Gasteiger partial charge is 0.255 e. The van der Waals surface area contributed by atoms with Gasteiger partial charge in [-0.25, -0.2) is 9.67 Å². The highest BCUT2D eigenvalue weighted by Gasteiger charge is 2.28. The first-order chi connectivity index (χ1) is 15.2. The van der Waals surface area contributed by atoms with E-state index < -0.39 is 0 Å². The summed E-state index contributed by atoms with van der Waals surface area (Å²) in [5.41, 5.74) is 3.00. The molecule has 2 aromatic carbocycles. The van der Waals surface area contributed by atoms with Gasteiger partial charge in [0.05, 0.1) is 16.7 Å². The molecule has 0 saturated heterocycles. The molecule has 9 heteroatoms. The number of aryl methyl sites for hydroxylation is 1. The van der Waals surface area contributed by atoms with E-state index in [1.165, 1.54) is 0 Å². The first-order valence-corrected chi connectivity index (χ1v) is 10.9. The zero-order chi connectivity index (χ0) is 21.2. The number of rotatable bonds is 7. The number of thiazole rings is 1. The van der Waals surface area contributed by atoms with Gasteiger partial charge in [-0.1, -0.05) is 12.1 Å². The molecule has 5 rings (SSSR count). The topological polar surface area (TPSA) is 94.8 Å². The van der Waals surface area contributed by atoms with E-state index in [1.54, 1.807) is 35.6 Å². The van der Waals surface area contributed by atoms with Crippen molar-refractivity contribution in [3.8, 4) is 17.1 Å². The van der Waals surface area contributed by atoms with Gasteiger partial charge in [0.15, 0.2) is 5.82 Å². The zero-order valence-electron chi connectivity index (χ0n) is 16.9. The van der Waals surface area contributed by atoms with Crippen LogP contribution in [-0.4, -0.2) is 31.1 Å². The zero-order valence-corrected chi connectivity index (χ0v) is 17.7. The number of nitrogens with zero attached hydrogens (tertiary/aromatic N) is 5. The number of benzene rings is 2. The normalized spacial score (nSPS) is 13.2. The van der Waals surface area contributed by atoms with E-state index in [-0.39, 0.29) is 5.91 Å². The van der Waals surface area contributed by atoms with Gasteiger partial charge in [0, 0.05) is 22.2 Å². The highest BCUT2D eigenvalue weighted by Crippen LogP contribution is 2.36. The Balaban J connectivity index is 1.24. The average Bonchev–Trinajstić information content (AvgIpc) is 3.35. The van der Waals surface area contributed by atoms with Crippen LogP contribution in [0.4, 0.5) is 5.69 Å². The maximum absolute atomic E-state index is 12.7. The van der Waals surface area contributed by atoms with Crippen molar-refractivity contribution in [2.75, 3.05) is 5.32 Å². The molecule has 1 saturated carbocycles. The van der Waals surface area contributed by atoms with E-state index in [1.807, 2.05) is 41.3 Å². The van der Waals surface area contributed by atoms with Gasteiger partial charge in [-0.15, -0.1) is 16.4 Å². The molecule has 2 aromatic heterocycles. The van der Waals surface area contributed by atoms with Gasteiger partial charge in [-0.2, -0.15) is 0 Å². The van der Waals surface area contributed by atoms with Crippen molar-refractivity contribution in [2.45, 2.75) is 32.4 Å². The van der Waals surface area contributed by atoms with Crippen molar-refractivity contribution in [1.29, 1.82) is 0 Å². The lowest BCUT2D eigenvalue weighted by Crippen LogP contribution is -2.12. The number of nitrogens with one attached hydrogen (secondary N) is 1. The van der Waals surface area contributed by atoms with Gasteiger partial charge in [0.2, 0.25) is 0 Å². The molecule has 8 nitrogen and oxygen atoms in total. The van der Waals surface area contributed by atoms with Crippen LogP contribution in [0, 0.1) is 6.92 Å². The predicted octanol–water partition coefficient (Wildman–Crippen LogP) is 4.27. The second-order valence-electron chi connectivity index (χ2n) is 7.38. The van der Waals surface area contributed by atoms with E-state index >= 15 is 0 Å².